The fourth-order valence-electron chi connectivity index (χ4n) is 3.92. The monoisotopic (exact) mass is 484 g/mol. The van der Waals surface area contributed by atoms with Crippen LogP contribution in [0.4, 0.5) is 0 Å². The van der Waals surface area contributed by atoms with Crippen LogP contribution in [0.15, 0.2) is 28.0 Å². The summed E-state index contributed by atoms with van der Waals surface area (Å²) in [5.41, 5.74) is -0.388. The Morgan fingerprint density at radius 1 is 1.03 bits per heavy atom. The van der Waals surface area contributed by atoms with Crippen molar-refractivity contribution in [1.82, 2.24) is 18.7 Å². The lowest BCUT2D eigenvalue weighted by Crippen LogP contribution is -2.44. The molecule has 1 aliphatic heterocycles. The van der Waals surface area contributed by atoms with Crippen molar-refractivity contribution >= 4 is 15.9 Å². The first kappa shape index (κ1) is 27.5. The van der Waals surface area contributed by atoms with Crippen molar-refractivity contribution < 1.29 is 17.9 Å². The predicted octanol–water partition coefficient (Wildman–Crippen LogP) is 1.62. The molecule has 10 heteroatoms. The van der Waals surface area contributed by atoms with Gasteiger partial charge in [-0.25, -0.2) is 8.42 Å². The maximum atomic E-state index is 13.2. The van der Waals surface area contributed by atoms with E-state index >= 15 is 0 Å². The molecule has 1 aromatic rings. The van der Waals surface area contributed by atoms with Gasteiger partial charge in [-0.1, -0.05) is 40.0 Å². The van der Waals surface area contributed by atoms with Crippen LogP contribution in [0.2, 0.25) is 0 Å². The van der Waals surface area contributed by atoms with Crippen LogP contribution in [-0.4, -0.2) is 92.0 Å². The number of carbonyl (C=O) groups excluding carboxylic acids is 1. The molecule has 9 nitrogen and oxygen atoms in total. The maximum absolute atomic E-state index is 13.2. The fraction of sp³-hybridized carbons (Fsp3) is 0.739. The van der Waals surface area contributed by atoms with Gasteiger partial charge < -0.3 is 14.2 Å². The first-order valence-corrected chi connectivity index (χ1v) is 13.6. The average molecular weight is 485 g/mol. The second kappa shape index (κ2) is 13.8. The zero-order chi connectivity index (χ0) is 24.3. The van der Waals surface area contributed by atoms with Crippen molar-refractivity contribution in [3.05, 3.63) is 28.7 Å². The zero-order valence-corrected chi connectivity index (χ0v) is 21.2. The van der Waals surface area contributed by atoms with Crippen molar-refractivity contribution in [2.45, 2.75) is 57.9 Å². The van der Waals surface area contributed by atoms with Gasteiger partial charge in [0.2, 0.25) is 15.9 Å². The normalized spacial score (nSPS) is 15.2. The predicted molar refractivity (Wildman–Crippen MR) is 129 cm³/mol. The Morgan fingerprint density at radius 3 is 2.36 bits per heavy atom. The van der Waals surface area contributed by atoms with E-state index in [9.17, 15) is 18.0 Å². The summed E-state index contributed by atoms with van der Waals surface area (Å²) >= 11 is 0. The Morgan fingerprint density at radius 2 is 1.73 bits per heavy atom. The highest BCUT2D eigenvalue weighted by Gasteiger charge is 2.23. The Hall–Kier alpha value is -1.75. The Balaban J connectivity index is 2.14. The number of pyridine rings is 1. The van der Waals surface area contributed by atoms with Crippen molar-refractivity contribution in [2.75, 3.05) is 59.0 Å². The molecule has 1 fully saturated rings. The molecular formula is C23H40N4O5S. The minimum Gasteiger partial charge on any atom is -0.379 e. The summed E-state index contributed by atoms with van der Waals surface area (Å²) < 4.78 is 33.7. The lowest BCUT2D eigenvalue weighted by molar-refractivity contribution is -0.132. The molecule has 0 atom stereocenters. The summed E-state index contributed by atoms with van der Waals surface area (Å²) in [5, 5.41) is 0. The third kappa shape index (κ3) is 8.20. The summed E-state index contributed by atoms with van der Waals surface area (Å²) in [4.78, 5) is 29.7. The van der Waals surface area contributed by atoms with Crippen LogP contribution >= 0.6 is 0 Å². The van der Waals surface area contributed by atoms with Crippen LogP contribution in [0.25, 0.3) is 0 Å². The highest BCUT2D eigenvalue weighted by Crippen LogP contribution is 2.14. The number of hydrogen-bond acceptors (Lipinski definition) is 6. The van der Waals surface area contributed by atoms with Gasteiger partial charge in [0.1, 0.15) is 6.54 Å². The van der Waals surface area contributed by atoms with E-state index in [1.54, 1.807) is 13.8 Å². The van der Waals surface area contributed by atoms with Crippen LogP contribution in [-0.2, 0) is 26.1 Å². The van der Waals surface area contributed by atoms with Crippen molar-refractivity contribution in [1.29, 1.82) is 0 Å². The molecule has 0 unspecified atom stereocenters. The number of nitrogens with zero attached hydrogens (tertiary/aromatic N) is 4. The number of sulfonamides is 1. The minimum atomic E-state index is -3.71. The van der Waals surface area contributed by atoms with Crippen LogP contribution in [0.3, 0.4) is 0 Å². The van der Waals surface area contributed by atoms with Gasteiger partial charge in [0.15, 0.2) is 0 Å². The number of ether oxygens (including phenoxy) is 1. The Kier molecular flexibility index (Phi) is 11.5. The number of hydrogen-bond donors (Lipinski definition) is 0. The molecule has 33 heavy (non-hydrogen) atoms. The molecule has 1 aliphatic rings. The first-order chi connectivity index (χ1) is 15.8. The molecule has 0 radical (unpaired) electrons. The molecule has 0 N–H and O–H groups in total. The van der Waals surface area contributed by atoms with Gasteiger partial charge in [-0.15, -0.1) is 0 Å². The summed E-state index contributed by atoms with van der Waals surface area (Å²) in [5.74, 6) is -0.167. The minimum absolute atomic E-state index is 0.0291. The molecule has 0 spiro atoms. The van der Waals surface area contributed by atoms with E-state index in [1.807, 2.05) is 4.90 Å². The van der Waals surface area contributed by atoms with Crippen LogP contribution < -0.4 is 5.56 Å². The van der Waals surface area contributed by atoms with E-state index in [2.05, 4.69) is 11.8 Å². The highest BCUT2D eigenvalue weighted by atomic mass is 32.2. The Labute approximate surface area is 198 Å². The third-order valence-corrected chi connectivity index (χ3v) is 8.06. The highest BCUT2D eigenvalue weighted by molar-refractivity contribution is 7.89. The largest absolute Gasteiger partial charge is 0.379 e. The number of carbonyl (C=O) groups is 1. The topological polar surface area (TPSA) is 92.2 Å². The number of amides is 1. The van der Waals surface area contributed by atoms with Crippen molar-refractivity contribution in [3.8, 4) is 0 Å². The van der Waals surface area contributed by atoms with Crippen LogP contribution in [0, 0.1) is 0 Å². The maximum Gasteiger partial charge on any atom is 0.251 e. The summed E-state index contributed by atoms with van der Waals surface area (Å²) in [6.07, 6.45) is 5.50. The van der Waals surface area contributed by atoms with Gasteiger partial charge in [-0.05, 0) is 12.5 Å². The molecule has 2 heterocycles. The second-order valence-electron chi connectivity index (χ2n) is 8.32. The van der Waals surface area contributed by atoms with Crippen molar-refractivity contribution in [2.24, 2.45) is 0 Å². The lowest BCUT2D eigenvalue weighted by atomic mass is 10.2. The molecule has 1 saturated heterocycles. The molecule has 1 aromatic heterocycles. The van der Waals surface area contributed by atoms with Crippen LogP contribution in [0.5, 0.6) is 0 Å². The number of unbranched alkanes of at least 4 members (excludes halogenated alkanes) is 3. The van der Waals surface area contributed by atoms with E-state index in [4.69, 9.17) is 4.74 Å². The fourth-order valence-corrected chi connectivity index (χ4v) is 5.40. The molecule has 0 bridgehead atoms. The van der Waals surface area contributed by atoms with E-state index in [1.165, 1.54) is 27.2 Å². The van der Waals surface area contributed by atoms with E-state index in [0.717, 1.165) is 45.3 Å². The summed E-state index contributed by atoms with van der Waals surface area (Å²) in [6.45, 7) is 11.3. The van der Waals surface area contributed by atoms with Gasteiger partial charge >= 0.3 is 0 Å². The molecule has 1 amide bonds. The molecule has 188 valence electrons. The number of morpholine rings is 1. The molecule has 0 aromatic carbocycles. The average Bonchev–Trinajstić information content (AvgIpc) is 2.81. The van der Waals surface area contributed by atoms with Gasteiger partial charge in [-0.3, -0.25) is 14.5 Å². The molecule has 0 aliphatic carbocycles. The molecule has 2 rings (SSSR count). The third-order valence-electron chi connectivity index (χ3n) is 6.03. The van der Waals surface area contributed by atoms with Gasteiger partial charge in [-0.2, -0.15) is 4.31 Å². The molecule has 0 saturated carbocycles. The Bertz CT molecular complexity index is 892. The quantitative estimate of drug-likeness (QED) is 0.373. The smallest absolute Gasteiger partial charge is 0.251 e. The molecular weight excluding hydrogens is 444 g/mol. The standard InChI is InChI=1S/C23H40N4O5S/c1-4-7-8-9-12-25(14-13-24-15-17-32-18-16-24)23(29)20-26-19-21(10-11-22(26)28)33(30,31)27(5-2)6-3/h10-11,19H,4-9,12-18,20H2,1-3H3. The van der Waals surface area contributed by atoms with E-state index in [-0.39, 0.29) is 22.9 Å². The van der Waals surface area contributed by atoms with Gasteiger partial charge in [0, 0.05) is 58.1 Å². The van der Waals surface area contributed by atoms with Gasteiger partial charge in [0.25, 0.3) is 5.56 Å². The lowest BCUT2D eigenvalue weighted by Gasteiger charge is -2.30. The van der Waals surface area contributed by atoms with Gasteiger partial charge in [0.05, 0.1) is 18.1 Å². The number of aromatic nitrogens is 1. The van der Waals surface area contributed by atoms with Crippen LogP contribution in [0.1, 0.15) is 46.5 Å². The zero-order valence-electron chi connectivity index (χ0n) is 20.4. The first-order valence-electron chi connectivity index (χ1n) is 12.1. The number of rotatable bonds is 14. The van der Waals surface area contributed by atoms with E-state index < -0.39 is 10.0 Å². The van der Waals surface area contributed by atoms with Crippen molar-refractivity contribution in [3.63, 3.8) is 0 Å². The SMILES string of the molecule is CCCCCCN(CCN1CCOCC1)C(=O)Cn1cc(S(=O)(=O)N(CC)CC)ccc1=O. The summed E-state index contributed by atoms with van der Waals surface area (Å²) in [6, 6.07) is 2.54. The summed E-state index contributed by atoms with van der Waals surface area (Å²) in [7, 11) is -3.71. The second-order valence-corrected chi connectivity index (χ2v) is 10.3. The van der Waals surface area contributed by atoms with E-state index in [0.29, 0.717) is 39.4 Å².